The molecular weight excluding hydrogens is 412 g/mol. The summed E-state index contributed by atoms with van der Waals surface area (Å²) < 4.78 is 0. The predicted molar refractivity (Wildman–Crippen MR) is 143 cm³/mol. The van der Waals surface area contributed by atoms with Gasteiger partial charge in [0, 0.05) is 16.6 Å². The van der Waals surface area contributed by atoms with Crippen LogP contribution in [0.3, 0.4) is 0 Å². The second-order valence-electron chi connectivity index (χ2n) is 8.49. The van der Waals surface area contributed by atoms with E-state index in [1.165, 1.54) is 27.1 Å². The fraction of sp³-hybridized carbons (Fsp3) is 0.0312. The molecule has 2 heteroatoms. The lowest BCUT2D eigenvalue weighted by Crippen LogP contribution is -2.14. The average molecular weight is 437 g/mol. The van der Waals surface area contributed by atoms with Crippen LogP contribution in [0.1, 0.15) is 17.3 Å². The first-order valence-corrected chi connectivity index (χ1v) is 11.6. The molecular formula is C32H24N2. The van der Waals surface area contributed by atoms with Gasteiger partial charge in [0.15, 0.2) is 0 Å². The molecule has 0 radical (unpaired) electrons. The van der Waals surface area contributed by atoms with Gasteiger partial charge < -0.3 is 5.32 Å². The highest BCUT2D eigenvalue weighted by Crippen LogP contribution is 2.32. The van der Waals surface area contributed by atoms with Gasteiger partial charge >= 0.3 is 0 Å². The normalized spacial score (nSPS) is 12.0. The Hall–Kier alpha value is -4.43. The summed E-state index contributed by atoms with van der Waals surface area (Å²) in [5.74, 6) is 0. The number of fused-ring (bicyclic) bond motifs is 2. The molecule has 162 valence electrons. The van der Waals surface area contributed by atoms with E-state index >= 15 is 0 Å². The first-order chi connectivity index (χ1) is 16.9. The zero-order chi connectivity index (χ0) is 22.7. The van der Waals surface area contributed by atoms with E-state index in [4.69, 9.17) is 4.98 Å². The molecule has 1 aromatic heterocycles. The van der Waals surface area contributed by atoms with Crippen molar-refractivity contribution in [3.63, 3.8) is 0 Å². The van der Waals surface area contributed by atoms with E-state index in [0.29, 0.717) is 0 Å². The standard InChI is InChI=1S/C32H24N2/c1-2-13-25(14-3-1)32(34-29-20-9-16-24-12-5-7-18-27(24)29)31-22-10-21-30(33-31)28-19-8-15-23-11-4-6-17-26(23)28/h1-22,32,34H. The largest absolute Gasteiger partial charge is 0.372 e. The van der Waals surface area contributed by atoms with Crippen LogP contribution in [0.15, 0.2) is 133 Å². The molecule has 2 nitrogen and oxygen atoms in total. The summed E-state index contributed by atoms with van der Waals surface area (Å²) in [7, 11) is 0. The van der Waals surface area contributed by atoms with Gasteiger partial charge in [-0.1, -0.05) is 115 Å². The number of benzene rings is 5. The number of nitrogens with one attached hydrogen (secondary N) is 1. The maximum Gasteiger partial charge on any atom is 0.0940 e. The van der Waals surface area contributed by atoms with Crippen LogP contribution in [-0.2, 0) is 0 Å². The van der Waals surface area contributed by atoms with Gasteiger partial charge in [0.1, 0.15) is 0 Å². The third kappa shape index (κ3) is 3.80. The molecule has 0 saturated carbocycles. The summed E-state index contributed by atoms with van der Waals surface area (Å²) in [5, 5.41) is 8.67. The van der Waals surface area contributed by atoms with Crippen molar-refractivity contribution in [2.45, 2.75) is 6.04 Å². The summed E-state index contributed by atoms with van der Waals surface area (Å²) in [5.41, 5.74) is 5.40. The van der Waals surface area contributed by atoms with Crippen LogP contribution in [-0.4, -0.2) is 4.98 Å². The quantitative estimate of drug-likeness (QED) is 0.294. The smallest absolute Gasteiger partial charge is 0.0940 e. The first-order valence-electron chi connectivity index (χ1n) is 11.6. The van der Waals surface area contributed by atoms with Crippen molar-refractivity contribution >= 4 is 27.2 Å². The molecule has 0 aliphatic carbocycles. The third-order valence-electron chi connectivity index (χ3n) is 6.35. The molecule has 1 unspecified atom stereocenters. The Morgan fingerprint density at radius 3 is 1.94 bits per heavy atom. The van der Waals surface area contributed by atoms with E-state index in [1.54, 1.807) is 0 Å². The van der Waals surface area contributed by atoms with Gasteiger partial charge in [-0.2, -0.15) is 0 Å². The molecule has 0 aliphatic heterocycles. The summed E-state index contributed by atoms with van der Waals surface area (Å²) in [6, 6.07) is 46.6. The molecule has 0 aliphatic rings. The monoisotopic (exact) mass is 436 g/mol. The number of aromatic nitrogens is 1. The first kappa shape index (κ1) is 20.2. The highest BCUT2D eigenvalue weighted by Gasteiger charge is 2.18. The molecule has 6 aromatic rings. The average Bonchev–Trinajstić information content (AvgIpc) is 2.92. The minimum Gasteiger partial charge on any atom is -0.372 e. The fourth-order valence-electron chi connectivity index (χ4n) is 4.69. The molecule has 1 heterocycles. The Balaban J connectivity index is 1.48. The van der Waals surface area contributed by atoms with Crippen molar-refractivity contribution in [2.24, 2.45) is 0 Å². The van der Waals surface area contributed by atoms with Gasteiger partial charge in [0.2, 0.25) is 0 Å². The Morgan fingerprint density at radius 2 is 1.12 bits per heavy atom. The summed E-state index contributed by atoms with van der Waals surface area (Å²) >= 11 is 0. The Bertz CT molecular complexity index is 1580. The number of rotatable bonds is 5. The van der Waals surface area contributed by atoms with Crippen LogP contribution in [0.4, 0.5) is 5.69 Å². The van der Waals surface area contributed by atoms with Gasteiger partial charge in [-0.3, -0.25) is 4.98 Å². The third-order valence-corrected chi connectivity index (χ3v) is 6.35. The maximum atomic E-state index is 5.18. The molecule has 0 saturated heterocycles. The second-order valence-corrected chi connectivity index (χ2v) is 8.49. The Morgan fingerprint density at radius 1 is 0.500 bits per heavy atom. The predicted octanol–water partition coefficient (Wildman–Crippen LogP) is 8.26. The summed E-state index contributed by atoms with van der Waals surface area (Å²) in [4.78, 5) is 5.18. The van der Waals surface area contributed by atoms with Crippen molar-refractivity contribution in [1.29, 1.82) is 0 Å². The lowest BCUT2D eigenvalue weighted by Gasteiger charge is -2.22. The zero-order valence-electron chi connectivity index (χ0n) is 18.7. The summed E-state index contributed by atoms with van der Waals surface area (Å²) in [6.45, 7) is 0. The van der Waals surface area contributed by atoms with E-state index in [-0.39, 0.29) is 6.04 Å². The molecule has 0 spiro atoms. The second kappa shape index (κ2) is 8.84. The van der Waals surface area contributed by atoms with Gasteiger partial charge in [-0.15, -0.1) is 0 Å². The topological polar surface area (TPSA) is 24.9 Å². The molecule has 0 bridgehead atoms. The van der Waals surface area contributed by atoms with Crippen molar-refractivity contribution in [3.8, 4) is 11.3 Å². The van der Waals surface area contributed by atoms with Crippen molar-refractivity contribution < 1.29 is 0 Å². The van der Waals surface area contributed by atoms with E-state index < -0.39 is 0 Å². The van der Waals surface area contributed by atoms with Crippen molar-refractivity contribution in [1.82, 2.24) is 4.98 Å². The molecule has 1 atom stereocenters. The highest BCUT2D eigenvalue weighted by atomic mass is 15.0. The number of hydrogen-bond acceptors (Lipinski definition) is 2. The van der Waals surface area contributed by atoms with E-state index in [1.807, 2.05) is 0 Å². The van der Waals surface area contributed by atoms with Gasteiger partial charge in [-0.25, -0.2) is 0 Å². The SMILES string of the molecule is c1ccc(C(Nc2cccc3ccccc23)c2cccc(-c3cccc4ccccc34)n2)cc1. The van der Waals surface area contributed by atoms with Crippen molar-refractivity contribution in [2.75, 3.05) is 5.32 Å². The number of hydrogen-bond donors (Lipinski definition) is 1. The fourth-order valence-corrected chi connectivity index (χ4v) is 4.69. The molecule has 6 rings (SSSR count). The lowest BCUT2D eigenvalue weighted by atomic mass is 9.99. The van der Waals surface area contributed by atoms with Crippen LogP contribution >= 0.6 is 0 Å². The van der Waals surface area contributed by atoms with Gasteiger partial charge in [0.25, 0.3) is 0 Å². The number of nitrogens with zero attached hydrogens (tertiary/aromatic N) is 1. The molecule has 1 N–H and O–H groups in total. The van der Waals surface area contributed by atoms with Crippen LogP contribution < -0.4 is 5.32 Å². The highest BCUT2D eigenvalue weighted by molar-refractivity contribution is 5.96. The Kier molecular flexibility index (Phi) is 5.25. The van der Waals surface area contributed by atoms with Crippen molar-refractivity contribution in [3.05, 3.63) is 145 Å². The van der Waals surface area contributed by atoms with Gasteiger partial charge in [-0.05, 0) is 39.9 Å². The molecule has 0 fully saturated rings. The maximum absolute atomic E-state index is 5.18. The van der Waals surface area contributed by atoms with E-state index in [0.717, 1.165) is 22.6 Å². The van der Waals surface area contributed by atoms with Crippen LogP contribution in [0.25, 0.3) is 32.8 Å². The van der Waals surface area contributed by atoms with Crippen LogP contribution in [0.2, 0.25) is 0 Å². The number of anilines is 1. The minimum atomic E-state index is -0.0815. The van der Waals surface area contributed by atoms with E-state index in [9.17, 15) is 0 Å². The van der Waals surface area contributed by atoms with Crippen LogP contribution in [0, 0.1) is 0 Å². The zero-order valence-corrected chi connectivity index (χ0v) is 18.7. The molecule has 34 heavy (non-hydrogen) atoms. The van der Waals surface area contributed by atoms with E-state index in [2.05, 4.69) is 139 Å². The van der Waals surface area contributed by atoms with Crippen LogP contribution in [0.5, 0.6) is 0 Å². The summed E-state index contributed by atoms with van der Waals surface area (Å²) in [6.07, 6.45) is 0. The molecule has 0 amide bonds. The minimum absolute atomic E-state index is 0.0815. The Labute approximate surface area is 199 Å². The molecule has 5 aromatic carbocycles. The lowest BCUT2D eigenvalue weighted by molar-refractivity contribution is 0.891. The van der Waals surface area contributed by atoms with Gasteiger partial charge in [0.05, 0.1) is 17.4 Å². The number of pyridine rings is 1.